The van der Waals surface area contributed by atoms with Gasteiger partial charge in [0.05, 0.1) is 12.3 Å². The van der Waals surface area contributed by atoms with Crippen LogP contribution in [0.4, 0.5) is 11.5 Å². The predicted molar refractivity (Wildman–Crippen MR) is 60.3 cm³/mol. The molecule has 1 aliphatic rings. The molecular weight excluding hydrogens is 244 g/mol. The molecule has 2 unspecified atom stereocenters. The van der Waals surface area contributed by atoms with Crippen molar-refractivity contribution in [3.63, 3.8) is 0 Å². The second-order valence-electron chi connectivity index (χ2n) is 4.00. The lowest BCUT2D eigenvalue weighted by molar-refractivity contribution is -0.0548. The van der Waals surface area contributed by atoms with Crippen LogP contribution in [0.5, 0.6) is 0 Å². The van der Waals surface area contributed by atoms with E-state index in [1.165, 1.54) is 6.20 Å². The van der Waals surface area contributed by atoms with E-state index in [1.54, 1.807) is 0 Å². The van der Waals surface area contributed by atoms with Crippen molar-refractivity contribution >= 4 is 11.5 Å². The summed E-state index contributed by atoms with van der Waals surface area (Å²) in [5.74, 6) is -0.122. The van der Waals surface area contributed by atoms with Crippen molar-refractivity contribution < 1.29 is 20.1 Å². The van der Waals surface area contributed by atoms with Gasteiger partial charge in [-0.2, -0.15) is 4.98 Å². The maximum Gasteiger partial charge on any atom is 0.351 e. The number of nitrogens with zero attached hydrogens (tertiary/aromatic N) is 2. The first-order valence-corrected chi connectivity index (χ1v) is 5.22. The highest BCUT2D eigenvalue weighted by molar-refractivity contribution is 5.55. The van der Waals surface area contributed by atoms with E-state index in [4.69, 9.17) is 21.3 Å². The second kappa shape index (κ2) is 4.53. The molecule has 7 N–H and O–H groups in total. The van der Waals surface area contributed by atoms with E-state index in [0.29, 0.717) is 0 Å². The number of nitrogens with two attached hydrogens (primary N) is 2. The quantitative estimate of drug-likeness (QED) is 0.376. The fourth-order valence-electron chi connectivity index (χ4n) is 1.79. The highest BCUT2D eigenvalue weighted by Gasteiger charge is 2.43. The van der Waals surface area contributed by atoms with Crippen LogP contribution in [-0.4, -0.2) is 49.8 Å². The summed E-state index contributed by atoms with van der Waals surface area (Å²) in [7, 11) is 0. The number of aliphatic hydroxyl groups is 3. The lowest BCUT2D eigenvalue weighted by Gasteiger charge is -2.17. The Bertz CT molecular complexity index is 504. The molecule has 0 bridgehead atoms. The van der Waals surface area contributed by atoms with E-state index >= 15 is 0 Å². The Labute approximate surface area is 101 Å². The van der Waals surface area contributed by atoms with E-state index in [2.05, 4.69) is 4.98 Å². The fraction of sp³-hybridized carbons (Fsp3) is 0.556. The van der Waals surface area contributed by atoms with E-state index in [1.807, 2.05) is 0 Å². The smallest absolute Gasteiger partial charge is 0.351 e. The highest BCUT2D eigenvalue weighted by atomic mass is 16.6. The van der Waals surface area contributed by atoms with Crippen molar-refractivity contribution in [1.82, 2.24) is 9.55 Å². The second-order valence-corrected chi connectivity index (χ2v) is 4.00. The van der Waals surface area contributed by atoms with Crippen LogP contribution in [0.2, 0.25) is 0 Å². The molecule has 1 aromatic heterocycles. The topological polar surface area (TPSA) is 157 Å². The average Bonchev–Trinajstić information content (AvgIpc) is 2.61. The maximum absolute atomic E-state index is 11.6. The van der Waals surface area contributed by atoms with Crippen LogP contribution in [0.1, 0.15) is 6.23 Å². The van der Waals surface area contributed by atoms with Gasteiger partial charge in [0.2, 0.25) is 0 Å². The summed E-state index contributed by atoms with van der Waals surface area (Å²) < 4.78 is 6.10. The van der Waals surface area contributed by atoms with Crippen molar-refractivity contribution in [3.8, 4) is 0 Å². The molecule has 0 aromatic carbocycles. The number of rotatable bonds is 2. The molecule has 18 heavy (non-hydrogen) atoms. The third kappa shape index (κ3) is 1.93. The number of anilines is 2. The van der Waals surface area contributed by atoms with Crippen molar-refractivity contribution in [2.24, 2.45) is 0 Å². The zero-order chi connectivity index (χ0) is 13.4. The zero-order valence-electron chi connectivity index (χ0n) is 9.30. The fourth-order valence-corrected chi connectivity index (χ4v) is 1.79. The summed E-state index contributed by atoms with van der Waals surface area (Å²) in [6.07, 6.45) is -3.64. The Morgan fingerprint density at radius 2 is 2.06 bits per heavy atom. The van der Waals surface area contributed by atoms with Crippen LogP contribution in [0, 0.1) is 0 Å². The Morgan fingerprint density at radius 1 is 1.39 bits per heavy atom. The van der Waals surface area contributed by atoms with E-state index < -0.39 is 36.8 Å². The third-order valence-electron chi connectivity index (χ3n) is 2.80. The number of ether oxygens (including phenoxy) is 1. The summed E-state index contributed by atoms with van der Waals surface area (Å²) in [4.78, 5) is 15.1. The van der Waals surface area contributed by atoms with Gasteiger partial charge in [0.1, 0.15) is 18.3 Å². The monoisotopic (exact) mass is 258 g/mol. The van der Waals surface area contributed by atoms with Crippen LogP contribution in [-0.2, 0) is 4.74 Å². The first kappa shape index (κ1) is 12.8. The first-order chi connectivity index (χ1) is 8.45. The van der Waals surface area contributed by atoms with Crippen molar-refractivity contribution in [3.05, 3.63) is 16.7 Å². The summed E-state index contributed by atoms with van der Waals surface area (Å²) in [5, 5.41) is 28.3. The first-order valence-electron chi connectivity index (χ1n) is 5.22. The lowest BCUT2D eigenvalue weighted by atomic mass is 10.1. The Balaban J connectivity index is 2.39. The van der Waals surface area contributed by atoms with Gasteiger partial charge in [0, 0.05) is 6.20 Å². The van der Waals surface area contributed by atoms with Gasteiger partial charge in [-0.15, -0.1) is 0 Å². The Hall–Kier alpha value is -1.68. The number of nitrogen functional groups attached to an aromatic ring is 2. The Morgan fingerprint density at radius 3 is 2.61 bits per heavy atom. The van der Waals surface area contributed by atoms with Crippen molar-refractivity contribution in [2.75, 3.05) is 18.1 Å². The average molecular weight is 258 g/mol. The molecule has 0 saturated carbocycles. The van der Waals surface area contributed by atoms with Gasteiger partial charge in [-0.05, 0) is 0 Å². The molecule has 2 rings (SSSR count). The van der Waals surface area contributed by atoms with Crippen LogP contribution in [0.25, 0.3) is 0 Å². The minimum atomic E-state index is -1.37. The molecule has 100 valence electrons. The molecule has 0 amide bonds. The summed E-state index contributed by atoms with van der Waals surface area (Å²) >= 11 is 0. The van der Waals surface area contributed by atoms with Crippen molar-refractivity contribution in [1.29, 1.82) is 0 Å². The van der Waals surface area contributed by atoms with Gasteiger partial charge in [-0.3, -0.25) is 4.57 Å². The third-order valence-corrected chi connectivity index (χ3v) is 2.80. The van der Waals surface area contributed by atoms with Gasteiger partial charge < -0.3 is 31.5 Å². The van der Waals surface area contributed by atoms with Gasteiger partial charge in [-0.1, -0.05) is 0 Å². The predicted octanol–water partition coefficient (Wildman–Crippen LogP) is -2.98. The molecule has 9 nitrogen and oxygen atoms in total. The summed E-state index contributed by atoms with van der Waals surface area (Å²) in [6.45, 7) is -0.485. The molecule has 0 spiro atoms. The minimum absolute atomic E-state index is 0.0485. The molecule has 0 aliphatic carbocycles. The van der Waals surface area contributed by atoms with Gasteiger partial charge in [-0.25, -0.2) is 4.79 Å². The molecule has 1 aliphatic heterocycles. The van der Waals surface area contributed by atoms with E-state index in [0.717, 1.165) is 4.57 Å². The highest BCUT2D eigenvalue weighted by Crippen LogP contribution is 2.28. The largest absolute Gasteiger partial charge is 0.395 e. The molecule has 0 radical (unpaired) electrons. The van der Waals surface area contributed by atoms with E-state index in [9.17, 15) is 15.0 Å². The number of aromatic nitrogens is 2. The van der Waals surface area contributed by atoms with Crippen LogP contribution in [0.15, 0.2) is 11.0 Å². The maximum atomic E-state index is 11.6. The zero-order valence-corrected chi connectivity index (χ0v) is 9.30. The molecule has 1 fully saturated rings. The molecule has 4 atom stereocenters. The molecule has 1 aromatic rings. The lowest BCUT2D eigenvalue weighted by Crippen LogP contribution is -2.36. The number of hydrogen-bond donors (Lipinski definition) is 5. The van der Waals surface area contributed by atoms with Gasteiger partial charge in [0.15, 0.2) is 12.0 Å². The summed E-state index contributed by atoms with van der Waals surface area (Å²) in [6, 6.07) is 0. The molecule has 9 heteroatoms. The van der Waals surface area contributed by atoms with E-state index in [-0.39, 0.29) is 11.5 Å². The molecular formula is C9H14N4O5. The van der Waals surface area contributed by atoms with Crippen molar-refractivity contribution in [2.45, 2.75) is 24.5 Å². The van der Waals surface area contributed by atoms with Crippen LogP contribution >= 0.6 is 0 Å². The summed E-state index contributed by atoms with van der Waals surface area (Å²) in [5.41, 5.74) is 10.2. The standard InChI is InChI=1S/C9H14N4O5/c10-3-1-13(9(17)12-7(3)11)8-6(16)5(15)4(2-14)18-8/h1,4-6,8,14-16H,2,10H2,(H2,11,12,17)/t4-,5?,6?,8-/m1/s1. The Kier molecular flexibility index (Phi) is 3.22. The van der Waals surface area contributed by atoms with Crippen LogP contribution < -0.4 is 17.2 Å². The number of aliphatic hydroxyl groups excluding tert-OH is 3. The van der Waals surface area contributed by atoms with Gasteiger partial charge >= 0.3 is 5.69 Å². The SMILES string of the molecule is Nc1cn([C@@H]2O[C@H](CO)C(O)C2O)c(=O)nc1N. The molecule has 2 heterocycles. The molecule has 1 saturated heterocycles. The minimum Gasteiger partial charge on any atom is -0.395 e. The van der Waals surface area contributed by atoms with Gasteiger partial charge in [0.25, 0.3) is 0 Å². The normalized spacial score (nSPS) is 31.7. The number of hydrogen-bond acceptors (Lipinski definition) is 8. The van der Waals surface area contributed by atoms with Crippen LogP contribution in [0.3, 0.4) is 0 Å².